The molecular weight excluding hydrogens is 244 g/mol. The van der Waals surface area contributed by atoms with Crippen LogP contribution in [0.25, 0.3) is 0 Å². The lowest BCUT2D eigenvalue weighted by atomic mass is 10.2. The zero-order chi connectivity index (χ0) is 13.1. The van der Waals surface area contributed by atoms with Crippen LogP contribution in [0.5, 0.6) is 0 Å². The number of sulfone groups is 1. The van der Waals surface area contributed by atoms with Crippen molar-refractivity contribution < 1.29 is 23.1 Å². The van der Waals surface area contributed by atoms with Crippen molar-refractivity contribution in [1.29, 1.82) is 0 Å². The van der Waals surface area contributed by atoms with Gasteiger partial charge in [0.15, 0.2) is 15.1 Å². The molecule has 1 unspecified atom stereocenters. The number of rotatable bonds is 5. The minimum atomic E-state index is -3.90. The predicted molar refractivity (Wildman–Crippen MR) is 61.7 cm³/mol. The first-order valence-corrected chi connectivity index (χ1v) is 6.46. The van der Waals surface area contributed by atoms with Crippen LogP contribution in [-0.4, -0.2) is 38.5 Å². The molecule has 0 saturated carbocycles. The normalized spacial score (nSPS) is 13.3. The lowest BCUT2D eigenvalue weighted by molar-refractivity contribution is -0.137. The largest absolute Gasteiger partial charge is 0.480 e. The topological polar surface area (TPSA) is 80.7 Å². The molecule has 0 spiro atoms. The Labute approximate surface area is 100.0 Å². The summed E-state index contributed by atoms with van der Waals surface area (Å²) >= 11 is 0. The fourth-order valence-corrected chi connectivity index (χ4v) is 2.76. The number of hydrogen-bond donors (Lipinski definition) is 1. The average Bonchev–Trinajstić information content (AvgIpc) is 2.25. The summed E-state index contributed by atoms with van der Waals surface area (Å²) in [4.78, 5) is 10.9. The Morgan fingerprint density at radius 1 is 1.35 bits per heavy atom. The van der Waals surface area contributed by atoms with E-state index in [4.69, 9.17) is 5.11 Å². The van der Waals surface area contributed by atoms with Crippen LogP contribution in [0.2, 0.25) is 0 Å². The molecule has 6 heteroatoms. The molecule has 0 heterocycles. The summed E-state index contributed by atoms with van der Waals surface area (Å²) in [5.74, 6) is -1.41. The van der Waals surface area contributed by atoms with Crippen molar-refractivity contribution in [1.82, 2.24) is 0 Å². The molecule has 0 fully saturated rings. The van der Waals surface area contributed by atoms with E-state index in [-0.39, 0.29) is 11.5 Å². The summed E-state index contributed by atoms with van der Waals surface area (Å²) in [6.45, 7) is 1.45. The molecule has 1 aromatic carbocycles. The van der Waals surface area contributed by atoms with Gasteiger partial charge in [0.2, 0.25) is 0 Å². The van der Waals surface area contributed by atoms with E-state index in [9.17, 15) is 13.2 Å². The lowest BCUT2D eigenvalue weighted by Gasteiger charge is -2.12. The molecule has 0 aliphatic heterocycles. The van der Waals surface area contributed by atoms with Crippen LogP contribution in [0.15, 0.2) is 29.2 Å². The van der Waals surface area contributed by atoms with Gasteiger partial charge in [0.05, 0.1) is 11.5 Å². The molecule has 17 heavy (non-hydrogen) atoms. The van der Waals surface area contributed by atoms with Crippen molar-refractivity contribution in [3.05, 3.63) is 29.8 Å². The molecule has 1 aromatic rings. The van der Waals surface area contributed by atoms with Crippen molar-refractivity contribution in [2.45, 2.75) is 17.1 Å². The first kappa shape index (κ1) is 13.7. The van der Waals surface area contributed by atoms with Crippen molar-refractivity contribution in [2.75, 3.05) is 13.7 Å². The second kappa shape index (κ2) is 5.29. The van der Waals surface area contributed by atoms with E-state index in [1.54, 1.807) is 12.1 Å². The van der Waals surface area contributed by atoms with Crippen LogP contribution in [0, 0.1) is 6.92 Å². The molecule has 94 valence electrons. The molecule has 0 bridgehead atoms. The van der Waals surface area contributed by atoms with Crippen molar-refractivity contribution in [3.63, 3.8) is 0 Å². The van der Waals surface area contributed by atoms with Gasteiger partial charge in [-0.1, -0.05) is 17.7 Å². The molecular formula is C11H14O5S. The van der Waals surface area contributed by atoms with Gasteiger partial charge in [-0.25, -0.2) is 8.42 Å². The maximum absolute atomic E-state index is 12.0. The number of hydrogen-bond acceptors (Lipinski definition) is 4. The molecule has 1 rings (SSSR count). The van der Waals surface area contributed by atoms with Gasteiger partial charge < -0.3 is 9.84 Å². The zero-order valence-electron chi connectivity index (χ0n) is 9.58. The Bertz CT molecular complexity index is 489. The van der Waals surface area contributed by atoms with Gasteiger partial charge in [0, 0.05) is 7.11 Å². The number of carboxylic acid groups (broad SMARTS) is 1. The van der Waals surface area contributed by atoms with Gasteiger partial charge in [-0.2, -0.15) is 0 Å². The molecule has 0 aliphatic carbocycles. The average molecular weight is 258 g/mol. The van der Waals surface area contributed by atoms with E-state index in [0.717, 1.165) is 5.56 Å². The summed E-state index contributed by atoms with van der Waals surface area (Å²) in [5, 5.41) is 7.32. The number of aliphatic carboxylic acids is 1. The second-order valence-corrected chi connectivity index (χ2v) is 5.77. The highest BCUT2D eigenvalue weighted by atomic mass is 32.2. The van der Waals surface area contributed by atoms with E-state index in [1.807, 2.05) is 6.92 Å². The molecule has 1 N–H and O–H groups in total. The summed E-state index contributed by atoms with van der Waals surface area (Å²) in [6.07, 6.45) is 0. The highest BCUT2D eigenvalue weighted by molar-refractivity contribution is 7.92. The summed E-state index contributed by atoms with van der Waals surface area (Å²) < 4.78 is 28.7. The summed E-state index contributed by atoms with van der Waals surface area (Å²) in [6, 6.07) is 6.05. The smallest absolute Gasteiger partial charge is 0.324 e. The molecule has 0 aliphatic rings. The molecule has 0 aromatic heterocycles. The third-order valence-corrected chi connectivity index (χ3v) is 4.33. The van der Waals surface area contributed by atoms with E-state index < -0.39 is 21.1 Å². The standard InChI is InChI=1S/C11H14O5S/c1-8-3-5-9(6-4-8)17(14,15)10(7-16-2)11(12)13/h3-6,10H,7H2,1-2H3,(H,12,13). The van der Waals surface area contributed by atoms with Gasteiger partial charge in [-0.15, -0.1) is 0 Å². The third kappa shape index (κ3) is 3.04. The van der Waals surface area contributed by atoms with Gasteiger partial charge in [0.25, 0.3) is 0 Å². The number of aryl methyl sites for hydroxylation is 1. The van der Waals surface area contributed by atoms with Crippen LogP contribution in [0.4, 0.5) is 0 Å². The fourth-order valence-electron chi connectivity index (χ4n) is 1.34. The van der Waals surface area contributed by atoms with E-state index >= 15 is 0 Å². The SMILES string of the molecule is COCC(C(=O)O)S(=O)(=O)c1ccc(C)cc1. The highest BCUT2D eigenvalue weighted by Gasteiger charge is 2.33. The predicted octanol–water partition coefficient (Wildman–Crippen LogP) is 0.868. The molecule has 0 radical (unpaired) electrons. The Morgan fingerprint density at radius 3 is 2.29 bits per heavy atom. The first-order chi connectivity index (χ1) is 7.89. The van der Waals surface area contributed by atoms with Gasteiger partial charge in [-0.05, 0) is 19.1 Å². The van der Waals surface area contributed by atoms with Crippen molar-refractivity contribution in [2.24, 2.45) is 0 Å². The first-order valence-electron chi connectivity index (χ1n) is 4.92. The molecule has 5 nitrogen and oxygen atoms in total. The number of methoxy groups -OCH3 is 1. The maximum atomic E-state index is 12.0. The van der Waals surface area contributed by atoms with E-state index in [2.05, 4.69) is 4.74 Å². The Balaban J connectivity index is 3.16. The van der Waals surface area contributed by atoms with Gasteiger partial charge in [0.1, 0.15) is 0 Å². The van der Waals surface area contributed by atoms with Gasteiger partial charge >= 0.3 is 5.97 Å². The Hall–Kier alpha value is -1.40. The van der Waals surface area contributed by atoms with Crippen LogP contribution < -0.4 is 0 Å². The molecule has 0 amide bonds. The summed E-state index contributed by atoms with van der Waals surface area (Å²) in [7, 11) is -2.64. The second-order valence-electron chi connectivity index (χ2n) is 3.64. The Morgan fingerprint density at radius 2 is 1.88 bits per heavy atom. The number of carboxylic acids is 1. The highest BCUT2D eigenvalue weighted by Crippen LogP contribution is 2.17. The van der Waals surface area contributed by atoms with Crippen molar-refractivity contribution in [3.8, 4) is 0 Å². The monoisotopic (exact) mass is 258 g/mol. The zero-order valence-corrected chi connectivity index (χ0v) is 10.4. The van der Waals surface area contributed by atoms with Crippen LogP contribution in [-0.2, 0) is 19.4 Å². The van der Waals surface area contributed by atoms with Crippen LogP contribution in [0.1, 0.15) is 5.56 Å². The summed E-state index contributed by atoms with van der Waals surface area (Å²) in [5.41, 5.74) is 0.905. The van der Waals surface area contributed by atoms with Crippen LogP contribution in [0.3, 0.4) is 0 Å². The number of ether oxygens (including phenoxy) is 1. The van der Waals surface area contributed by atoms with E-state index in [0.29, 0.717) is 0 Å². The maximum Gasteiger partial charge on any atom is 0.324 e. The number of benzene rings is 1. The molecule has 1 atom stereocenters. The minimum absolute atomic E-state index is 0.00690. The van der Waals surface area contributed by atoms with E-state index in [1.165, 1.54) is 19.2 Å². The quantitative estimate of drug-likeness (QED) is 0.847. The fraction of sp³-hybridized carbons (Fsp3) is 0.364. The lowest BCUT2D eigenvalue weighted by Crippen LogP contribution is -2.34. The molecule has 0 saturated heterocycles. The Kier molecular flexibility index (Phi) is 4.25. The van der Waals surface area contributed by atoms with Crippen LogP contribution >= 0.6 is 0 Å². The van der Waals surface area contributed by atoms with Crippen molar-refractivity contribution >= 4 is 15.8 Å². The number of carbonyl (C=O) groups is 1. The third-order valence-electron chi connectivity index (χ3n) is 2.32. The van der Waals surface area contributed by atoms with Gasteiger partial charge in [-0.3, -0.25) is 4.79 Å². The minimum Gasteiger partial charge on any atom is -0.480 e.